The van der Waals surface area contributed by atoms with E-state index in [9.17, 15) is 4.39 Å². The van der Waals surface area contributed by atoms with E-state index in [4.69, 9.17) is 4.74 Å². The molecular formula is C33H45FO. The third-order valence-corrected chi connectivity index (χ3v) is 7.47. The van der Waals surface area contributed by atoms with Gasteiger partial charge in [0.15, 0.2) is 0 Å². The molecule has 0 unspecified atom stereocenters. The van der Waals surface area contributed by atoms with Crippen molar-refractivity contribution in [3.8, 4) is 17.6 Å². The number of rotatable bonds is 12. The molecule has 0 heterocycles. The second kappa shape index (κ2) is 15.0. The van der Waals surface area contributed by atoms with Gasteiger partial charge in [-0.2, -0.15) is 0 Å². The van der Waals surface area contributed by atoms with Gasteiger partial charge in [0, 0.05) is 17.2 Å². The normalized spacial score (nSPS) is 18.5. The van der Waals surface area contributed by atoms with Crippen LogP contribution in [0.25, 0.3) is 0 Å². The van der Waals surface area contributed by atoms with Crippen molar-refractivity contribution >= 4 is 0 Å². The molecule has 0 spiro atoms. The predicted molar refractivity (Wildman–Crippen MR) is 147 cm³/mol. The monoisotopic (exact) mass is 476 g/mol. The van der Waals surface area contributed by atoms with E-state index >= 15 is 0 Å². The molecule has 1 atom stereocenters. The first kappa shape index (κ1) is 27.3. The van der Waals surface area contributed by atoms with E-state index in [1.54, 1.807) is 0 Å². The van der Waals surface area contributed by atoms with E-state index in [0.717, 1.165) is 24.3 Å². The van der Waals surface area contributed by atoms with Crippen molar-refractivity contribution in [2.75, 3.05) is 0 Å². The van der Waals surface area contributed by atoms with E-state index in [1.807, 2.05) is 6.07 Å². The summed E-state index contributed by atoms with van der Waals surface area (Å²) in [7, 11) is 0. The molecule has 2 aromatic rings. The van der Waals surface area contributed by atoms with Crippen molar-refractivity contribution in [3.05, 3.63) is 65.0 Å². The summed E-state index contributed by atoms with van der Waals surface area (Å²) in [5.41, 5.74) is 3.07. The quantitative estimate of drug-likeness (QED) is 0.219. The summed E-state index contributed by atoms with van der Waals surface area (Å²) in [6.45, 7) is 6.56. The molecule has 1 saturated carbocycles. The van der Waals surface area contributed by atoms with Crippen molar-refractivity contribution in [1.82, 2.24) is 0 Å². The molecule has 1 nitrogen and oxygen atoms in total. The zero-order chi connectivity index (χ0) is 24.9. The van der Waals surface area contributed by atoms with Gasteiger partial charge in [-0.3, -0.25) is 0 Å². The molecule has 0 N–H and O–H groups in total. The van der Waals surface area contributed by atoms with Crippen LogP contribution in [0, 0.1) is 23.6 Å². The fourth-order valence-corrected chi connectivity index (χ4v) is 5.30. The molecule has 0 radical (unpaired) electrons. The summed E-state index contributed by atoms with van der Waals surface area (Å²) in [6.07, 6.45) is 16.8. The molecule has 0 aromatic heterocycles. The third-order valence-electron chi connectivity index (χ3n) is 7.47. The lowest BCUT2D eigenvalue weighted by Crippen LogP contribution is -2.13. The molecule has 0 aliphatic heterocycles. The summed E-state index contributed by atoms with van der Waals surface area (Å²) in [6, 6.07) is 13.5. The van der Waals surface area contributed by atoms with E-state index in [0.29, 0.717) is 17.2 Å². The Morgan fingerprint density at radius 1 is 0.829 bits per heavy atom. The molecule has 35 heavy (non-hydrogen) atoms. The Bertz CT molecular complexity index is 928. The summed E-state index contributed by atoms with van der Waals surface area (Å²) >= 11 is 0. The number of benzene rings is 2. The highest BCUT2D eigenvalue weighted by atomic mass is 19.1. The summed E-state index contributed by atoms with van der Waals surface area (Å²) in [4.78, 5) is 0. The largest absolute Gasteiger partial charge is 0.491 e. The topological polar surface area (TPSA) is 9.23 Å². The molecule has 3 rings (SSSR count). The molecule has 2 aromatic carbocycles. The van der Waals surface area contributed by atoms with Crippen LogP contribution in [-0.4, -0.2) is 6.10 Å². The fraction of sp³-hybridized carbons (Fsp3) is 0.576. The molecule has 0 bridgehead atoms. The third kappa shape index (κ3) is 9.71. The van der Waals surface area contributed by atoms with Crippen molar-refractivity contribution in [2.24, 2.45) is 5.92 Å². The number of hydrogen-bond donors (Lipinski definition) is 0. The highest BCUT2D eigenvalue weighted by Crippen LogP contribution is 2.37. The van der Waals surface area contributed by atoms with Crippen molar-refractivity contribution < 1.29 is 9.13 Å². The lowest BCUT2D eigenvalue weighted by molar-refractivity contribution is 0.205. The summed E-state index contributed by atoms with van der Waals surface area (Å²) in [5, 5.41) is 0. The van der Waals surface area contributed by atoms with Crippen molar-refractivity contribution in [2.45, 2.75) is 116 Å². The van der Waals surface area contributed by atoms with Crippen LogP contribution in [-0.2, 0) is 0 Å². The predicted octanol–water partition coefficient (Wildman–Crippen LogP) is 9.82. The smallest absolute Gasteiger partial charge is 0.128 e. The molecule has 2 heteroatoms. The van der Waals surface area contributed by atoms with Gasteiger partial charge < -0.3 is 4.74 Å². The lowest BCUT2D eigenvalue weighted by atomic mass is 9.77. The van der Waals surface area contributed by atoms with Crippen LogP contribution in [0.15, 0.2) is 42.5 Å². The fourth-order valence-electron chi connectivity index (χ4n) is 5.30. The van der Waals surface area contributed by atoms with Crippen LogP contribution in [0.3, 0.4) is 0 Å². The van der Waals surface area contributed by atoms with Gasteiger partial charge in [0.25, 0.3) is 0 Å². The molecule has 0 saturated heterocycles. The maximum absolute atomic E-state index is 14.2. The van der Waals surface area contributed by atoms with E-state index in [1.165, 1.54) is 88.3 Å². The number of halogens is 1. The van der Waals surface area contributed by atoms with Crippen molar-refractivity contribution in [3.63, 3.8) is 0 Å². The van der Waals surface area contributed by atoms with Crippen LogP contribution in [0.1, 0.15) is 127 Å². The average molecular weight is 477 g/mol. The minimum absolute atomic E-state index is 0.0772. The first-order chi connectivity index (χ1) is 17.1. The first-order valence-electron chi connectivity index (χ1n) is 14.2. The van der Waals surface area contributed by atoms with Gasteiger partial charge in [-0.1, -0.05) is 82.8 Å². The summed E-state index contributed by atoms with van der Waals surface area (Å²) < 4.78 is 20.2. The van der Waals surface area contributed by atoms with Gasteiger partial charge in [0.05, 0.1) is 6.10 Å². The van der Waals surface area contributed by atoms with Gasteiger partial charge in [-0.25, -0.2) is 4.39 Å². The van der Waals surface area contributed by atoms with Gasteiger partial charge in [-0.05, 0) is 87.1 Å². The standard InChI is InChI=1S/C33H45FO/c1-4-6-8-10-11-26(3)35-33-24-29(23-32(34)25-33)14-13-28-17-21-31(22-18-28)30-19-15-27(16-20-30)12-9-7-5-2/h17-18,21-27,30H,4-12,15-16,19-20H2,1-3H3/t26-,27?,30?/m0/s1. The Hall–Kier alpha value is -2.27. The molecule has 1 aliphatic carbocycles. The number of ether oxygens (including phenoxy) is 1. The van der Waals surface area contributed by atoms with Crippen molar-refractivity contribution in [1.29, 1.82) is 0 Å². The van der Waals surface area contributed by atoms with E-state index in [2.05, 4.69) is 56.9 Å². The molecule has 1 fully saturated rings. The molecule has 0 amide bonds. The Morgan fingerprint density at radius 2 is 1.51 bits per heavy atom. The summed E-state index contributed by atoms with van der Waals surface area (Å²) in [5.74, 6) is 8.24. The zero-order valence-corrected chi connectivity index (χ0v) is 22.3. The van der Waals surface area contributed by atoms with Crippen LogP contribution in [0.2, 0.25) is 0 Å². The maximum atomic E-state index is 14.2. The van der Waals surface area contributed by atoms with Gasteiger partial charge in [0.2, 0.25) is 0 Å². The Kier molecular flexibility index (Phi) is 11.7. The lowest BCUT2D eigenvalue weighted by Gasteiger charge is -2.29. The highest BCUT2D eigenvalue weighted by molar-refractivity contribution is 5.46. The number of unbranched alkanes of at least 4 members (excludes halogenated alkanes) is 5. The van der Waals surface area contributed by atoms with E-state index < -0.39 is 0 Å². The maximum Gasteiger partial charge on any atom is 0.128 e. The molecule has 1 aliphatic rings. The van der Waals surface area contributed by atoms with Gasteiger partial charge in [0.1, 0.15) is 11.6 Å². The van der Waals surface area contributed by atoms with Crippen LogP contribution >= 0.6 is 0 Å². The van der Waals surface area contributed by atoms with E-state index in [-0.39, 0.29) is 11.9 Å². The Morgan fingerprint density at radius 3 is 2.23 bits per heavy atom. The number of hydrogen-bond acceptors (Lipinski definition) is 1. The second-order valence-corrected chi connectivity index (χ2v) is 10.5. The van der Waals surface area contributed by atoms with Gasteiger partial charge in [-0.15, -0.1) is 0 Å². The average Bonchev–Trinajstić information content (AvgIpc) is 2.86. The zero-order valence-electron chi connectivity index (χ0n) is 22.3. The highest BCUT2D eigenvalue weighted by Gasteiger charge is 2.21. The minimum Gasteiger partial charge on any atom is -0.491 e. The SMILES string of the molecule is CCCCCC[C@H](C)Oc1cc(F)cc(C#Cc2ccc(C3CCC(CCCCC)CC3)cc2)c1. The van der Waals surface area contributed by atoms with Crippen LogP contribution < -0.4 is 4.74 Å². The Labute approximate surface area is 213 Å². The van der Waals surface area contributed by atoms with Gasteiger partial charge >= 0.3 is 0 Å². The van der Waals surface area contributed by atoms with Crippen LogP contribution in [0.4, 0.5) is 4.39 Å². The van der Waals surface area contributed by atoms with Crippen LogP contribution in [0.5, 0.6) is 5.75 Å². The Balaban J connectivity index is 1.53. The molecular weight excluding hydrogens is 431 g/mol. The second-order valence-electron chi connectivity index (χ2n) is 10.5. The molecule has 190 valence electrons. The first-order valence-corrected chi connectivity index (χ1v) is 14.2. The minimum atomic E-state index is -0.300.